The monoisotopic (exact) mass is 315 g/mol. The molecule has 0 radical (unpaired) electrons. The Morgan fingerprint density at radius 3 is 2.87 bits per heavy atom. The van der Waals surface area contributed by atoms with Gasteiger partial charge in [0.15, 0.2) is 0 Å². The van der Waals surface area contributed by atoms with Crippen LogP contribution in [0.4, 0.5) is 0 Å². The van der Waals surface area contributed by atoms with Gasteiger partial charge in [0.05, 0.1) is 5.92 Å². The summed E-state index contributed by atoms with van der Waals surface area (Å²) in [7, 11) is 0. The predicted molar refractivity (Wildman–Crippen MR) is 87.6 cm³/mol. The first-order valence-electron chi connectivity index (χ1n) is 8.71. The minimum absolute atomic E-state index is 0.0240. The maximum atomic E-state index is 12.3. The molecule has 2 heterocycles. The van der Waals surface area contributed by atoms with E-state index in [4.69, 9.17) is 0 Å². The van der Waals surface area contributed by atoms with Gasteiger partial charge in [0.2, 0.25) is 11.8 Å². The van der Waals surface area contributed by atoms with Gasteiger partial charge in [-0.05, 0) is 50.7 Å². The highest BCUT2D eigenvalue weighted by atomic mass is 16.2. The fraction of sp³-hybridized carbons (Fsp3) is 0.611. The van der Waals surface area contributed by atoms with Crippen LogP contribution in [0.25, 0.3) is 0 Å². The molecule has 5 heteroatoms. The number of hydrogen-bond donors (Lipinski definition) is 1. The number of likely N-dealkylation sites (tertiary alicyclic amines) is 1. The number of piperidine rings is 1. The maximum Gasteiger partial charge on any atom is 0.224 e. The van der Waals surface area contributed by atoms with Gasteiger partial charge in [0.1, 0.15) is 0 Å². The van der Waals surface area contributed by atoms with E-state index in [0.29, 0.717) is 32.0 Å². The van der Waals surface area contributed by atoms with E-state index < -0.39 is 0 Å². The molecule has 3 rings (SSSR count). The summed E-state index contributed by atoms with van der Waals surface area (Å²) in [5, 5.41) is 3.04. The molecule has 1 aromatic rings. The molecule has 2 aliphatic rings. The minimum Gasteiger partial charge on any atom is -0.356 e. The molecular weight excluding hydrogens is 290 g/mol. The lowest BCUT2D eigenvalue weighted by Gasteiger charge is -2.32. The second-order valence-electron chi connectivity index (χ2n) is 6.58. The van der Waals surface area contributed by atoms with Crippen LogP contribution in [0.5, 0.6) is 0 Å². The molecule has 1 aliphatic carbocycles. The van der Waals surface area contributed by atoms with Crippen LogP contribution in [0.3, 0.4) is 0 Å². The largest absolute Gasteiger partial charge is 0.356 e. The van der Waals surface area contributed by atoms with Gasteiger partial charge in [0, 0.05) is 37.4 Å². The van der Waals surface area contributed by atoms with E-state index in [1.54, 1.807) is 0 Å². The Kier molecular flexibility index (Phi) is 5.26. The summed E-state index contributed by atoms with van der Waals surface area (Å²) < 4.78 is 0. The zero-order valence-electron chi connectivity index (χ0n) is 13.5. The number of pyridine rings is 1. The molecule has 124 valence electrons. The van der Waals surface area contributed by atoms with Crippen LogP contribution in [-0.2, 0) is 16.0 Å². The molecule has 0 bridgehead atoms. The van der Waals surface area contributed by atoms with Crippen molar-refractivity contribution in [2.24, 2.45) is 5.92 Å². The smallest absolute Gasteiger partial charge is 0.224 e. The van der Waals surface area contributed by atoms with Crippen LogP contribution in [0.1, 0.15) is 44.2 Å². The maximum absolute atomic E-state index is 12.3. The lowest BCUT2D eigenvalue weighted by atomic mass is 9.96. The third kappa shape index (κ3) is 4.53. The molecule has 1 saturated carbocycles. The number of hydrogen-bond acceptors (Lipinski definition) is 3. The van der Waals surface area contributed by atoms with Crippen LogP contribution in [-0.4, -0.2) is 40.8 Å². The highest BCUT2D eigenvalue weighted by Gasteiger charge is 2.38. The number of rotatable bonds is 7. The van der Waals surface area contributed by atoms with Crippen LogP contribution < -0.4 is 5.32 Å². The average molecular weight is 315 g/mol. The Labute approximate surface area is 137 Å². The molecule has 1 atom stereocenters. The van der Waals surface area contributed by atoms with Crippen molar-refractivity contribution in [1.82, 2.24) is 15.2 Å². The number of carbonyl (C=O) groups excluding carboxylic acids is 2. The molecule has 1 aromatic heterocycles. The van der Waals surface area contributed by atoms with Crippen molar-refractivity contribution in [2.75, 3.05) is 13.1 Å². The third-order valence-electron chi connectivity index (χ3n) is 4.69. The molecule has 0 spiro atoms. The lowest BCUT2D eigenvalue weighted by molar-refractivity contribution is -0.138. The number of aryl methyl sites for hydroxylation is 1. The van der Waals surface area contributed by atoms with Gasteiger partial charge in [-0.15, -0.1) is 0 Å². The highest BCUT2D eigenvalue weighted by molar-refractivity contribution is 5.84. The Morgan fingerprint density at radius 1 is 1.26 bits per heavy atom. The zero-order chi connectivity index (χ0) is 16.1. The van der Waals surface area contributed by atoms with Crippen molar-refractivity contribution in [1.29, 1.82) is 0 Å². The number of carbonyl (C=O) groups is 2. The number of amides is 2. The Morgan fingerprint density at radius 2 is 2.13 bits per heavy atom. The summed E-state index contributed by atoms with van der Waals surface area (Å²) in [5.41, 5.74) is 1.10. The van der Waals surface area contributed by atoms with Gasteiger partial charge in [-0.3, -0.25) is 14.6 Å². The van der Waals surface area contributed by atoms with Crippen LogP contribution >= 0.6 is 0 Å². The Bertz CT molecular complexity index is 542. The SMILES string of the molecule is O=C(NCCCCc1ccccn1)C1CCC(=O)N(C2CC2)C1. The van der Waals surface area contributed by atoms with Crippen molar-refractivity contribution in [3.63, 3.8) is 0 Å². The van der Waals surface area contributed by atoms with E-state index >= 15 is 0 Å². The molecule has 5 nitrogen and oxygen atoms in total. The molecule has 23 heavy (non-hydrogen) atoms. The summed E-state index contributed by atoms with van der Waals surface area (Å²) in [6.45, 7) is 1.32. The fourth-order valence-corrected chi connectivity index (χ4v) is 3.16. The van der Waals surface area contributed by atoms with Crippen LogP contribution in [0.2, 0.25) is 0 Å². The van der Waals surface area contributed by atoms with Gasteiger partial charge in [-0.25, -0.2) is 0 Å². The van der Waals surface area contributed by atoms with Crippen molar-refractivity contribution < 1.29 is 9.59 Å². The Balaban J connectivity index is 1.34. The summed E-state index contributed by atoms with van der Waals surface area (Å²) >= 11 is 0. The quantitative estimate of drug-likeness (QED) is 0.782. The average Bonchev–Trinajstić information content (AvgIpc) is 3.40. The topological polar surface area (TPSA) is 62.3 Å². The minimum atomic E-state index is -0.0240. The molecule has 0 aromatic carbocycles. The number of aromatic nitrogens is 1. The van der Waals surface area contributed by atoms with Crippen LogP contribution in [0, 0.1) is 5.92 Å². The first-order valence-corrected chi connectivity index (χ1v) is 8.71. The first-order chi connectivity index (χ1) is 11.2. The molecular formula is C18H25N3O2. The fourth-order valence-electron chi connectivity index (χ4n) is 3.16. The van der Waals surface area contributed by atoms with Crippen molar-refractivity contribution >= 4 is 11.8 Å². The standard InChI is InChI=1S/C18H25N3O2/c22-17-10-7-14(13-21(17)16-8-9-16)18(23)20-12-4-2-6-15-5-1-3-11-19-15/h1,3,5,11,14,16H,2,4,6-10,12-13H2,(H,20,23). The number of unbranched alkanes of at least 4 members (excludes halogenated alkanes) is 1. The summed E-state index contributed by atoms with van der Waals surface area (Å²) in [6, 6.07) is 6.37. The van der Waals surface area contributed by atoms with Gasteiger partial charge in [-0.2, -0.15) is 0 Å². The third-order valence-corrected chi connectivity index (χ3v) is 4.69. The second-order valence-corrected chi connectivity index (χ2v) is 6.58. The Hall–Kier alpha value is -1.91. The molecule has 1 aliphatic heterocycles. The van der Waals surface area contributed by atoms with E-state index in [1.807, 2.05) is 29.3 Å². The number of nitrogens with zero attached hydrogens (tertiary/aromatic N) is 2. The van der Waals surface area contributed by atoms with E-state index in [0.717, 1.165) is 37.8 Å². The summed E-state index contributed by atoms with van der Waals surface area (Å²) in [5.74, 6) is 0.317. The molecule has 1 unspecified atom stereocenters. The summed E-state index contributed by atoms with van der Waals surface area (Å²) in [4.78, 5) is 30.4. The van der Waals surface area contributed by atoms with Gasteiger partial charge < -0.3 is 10.2 Å². The second kappa shape index (κ2) is 7.57. The van der Waals surface area contributed by atoms with Gasteiger partial charge >= 0.3 is 0 Å². The van der Waals surface area contributed by atoms with E-state index in [2.05, 4.69) is 10.3 Å². The van der Waals surface area contributed by atoms with E-state index in [1.165, 1.54) is 0 Å². The zero-order valence-corrected chi connectivity index (χ0v) is 13.5. The highest BCUT2D eigenvalue weighted by Crippen LogP contribution is 2.31. The van der Waals surface area contributed by atoms with Gasteiger partial charge in [0.25, 0.3) is 0 Å². The van der Waals surface area contributed by atoms with Crippen molar-refractivity contribution in [3.8, 4) is 0 Å². The summed E-state index contributed by atoms with van der Waals surface area (Å²) in [6.07, 6.45) is 8.17. The van der Waals surface area contributed by atoms with Crippen LogP contribution in [0.15, 0.2) is 24.4 Å². The van der Waals surface area contributed by atoms with Gasteiger partial charge in [-0.1, -0.05) is 6.07 Å². The normalized spacial score (nSPS) is 21.3. The van der Waals surface area contributed by atoms with Crippen molar-refractivity contribution in [2.45, 2.75) is 51.0 Å². The molecule has 1 saturated heterocycles. The molecule has 2 fully saturated rings. The first kappa shape index (κ1) is 16.0. The number of nitrogens with one attached hydrogen (secondary N) is 1. The lowest BCUT2D eigenvalue weighted by Crippen LogP contribution is -2.46. The van der Waals surface area contributed by atoms with E-state index in [9.17, 15) is 9.59 Å². The predicted octanol–water partition coefficient (Wildman–Crippen LogP) is 1.92. The van der Waals surface area contributed by atoms with Crippen molar-refractivity contribution in [3.05, 3.63) is 30.1 Å². The molecule has 1 N–H and O–H groups in total. The van der Waals surface area contributed by atoms with E-state index in [-0.39, 0.29) is 17.7 Å². The molecule has 2 amide bonds.